The number of aliphatic hydroxyl groups is 1. The van der Waals surface area contributed by atoms with Gasteiger partial charge in [-0.25, -0.2) is 14.4 Å². The molecular weight excluding hydrogens is 341 g/mol. The molecule has 0 bridgehead atoms. The number of aromatic nitrogens is 3. The number of aromatic amines is 1. The zero-order chi connectivity index (χ0) is 17.4. The molecule has 0 saturated carbocycles. The Balaban J connectivity index is 1.48. The molecule has 8 heteroatoms. The van der Waals surface area contributed by atoms with Crippen molar-refractivity contribution in [3.8, 4) is 0 Å². The average Bonchev–Trinajstić information content (AvgIpc) is 3.20. The zero-order valence-corrected chi connectivity index (χ0v) is 14.2. The van der Waals surface area contributed by atoms with Gasteiger partial charge in [0.1, 0.15) is 23.3 Å². The van der Waals surface area contributed by atoms with E-state index in [2.05, 4.69) is 20.3 Å². The number of nitrogens with one attached hydrogen (secondary N) is 2. The van der Waals surface area contributed by atoms with E-state index in [1.807, 2.05) is 0 Å². The second kappa shape index (κ2) is 6.29. The van der Waals surface area contributed by atoms with Crippen molar-refractivity contribution in [1.82, 2.24) is 20.3 Å². The molecule has 5 N–H and O–H groups in total. The number of β-amino-alcohol motifs (C(OH)–C–C–N with tert-alkyl or cyclic N) is 1. The Hall–Kier alpha value is -2.16. The van der Waals surface area contributed by atoms with Crippen molar-refractivity contribution >= 4 is 28.6 Å². The standard InChI is InChI=1S/C17H18FN5OS/c18-10-1-3-12(4-2-10)25-7-11-5-17(24,8-21-11)13-6-20-15-14(13)22-9-23-16(15)19/h1-4,6,9,11,20-21,24H,5,7-8H2,(H2,19,22,23)/t11-,17?/m0/s1. The van der Waals surface area contributed by atoms with Crippen LogP contribution < -0.4 is 11.1 Å². The van der Waals surface area contributed by atoms with Gasteiger partial charge in [0.15, 0.2) is 5.82 Å². The van der Waals surface area contributed by atoms with Crippen LogP contribution in [0.15, 0.2) is 41.7 Å². The fourth-order valence-corrected chi connectivity index (χ4v) is 4.19. The molecule has 0 spiro atoms. The van der Waals surface area contributed by atoms with E-state index in [1.54, 1.807) is 30.1 Å². The van der Waals surface area contributed by atoms with E-state index in [1.165, 1.54) is 18.5 Å². The van der Waals surface area contributed by atoms with Crippen molar-refractivity contribution in [1.29, 1.82) is 0 Å². The highest BCUT2D eigenvalue weighted by atomic mass is 32.2. The summed E-state index contributed by atoms with van der Waals surface area (Å²) in [7, 11) is 0. The fourth-order valence-electron chi connectivity index (χ4n) is 3.23. The first kappa shape index (κ1) is 16.3. The summed E-state index contributed by atoms with van der Waals surface area (Å²) in [5.41, 5.74) is 6.88. The van der Waals surface area contributed by atoms with Gasteiger partial charge in [-0.15, -0.1) is 11.8 Å². The molecule has 1 aromatic carbocycles. The molecule has 2 aromatic heterocycles. The molecule has 1 unspecified atom stereocenters. The molecule has 1 fully saturated rings. The maximum Gasteiger partial charge on any atom is 0.151 e. The molecule has 0 radical (unpaired) electrons. The quantitative estimate of drug-likeness (QED) is 0.532. The number of hydrogen-bond acceptors (Lipinski definition) is 6. The Morgan fingerprint density at radius 3 is 2.92 bits per heavy atom. The minimum absolute atomic E-state index is 0.143. The predicted octanol–water partition coefficient (Wildman–Crippen LogP) is 2.02. The van der Waals surface area contributed by atoms with E-state index in [9.17, 15) is 9.50 Å². The van der Waals surface area contributed by atoms with Crippen molar-refractivity contribution in [2.75, 3.05) is 18.0 Å². The molecule has 1 aliphatic rings. The SMILES string of the molecule is Nc1ncnc2c(C3(O)CN[C@H](CSc4ccc(F)cc4)C3)c[nH]c12. The minimum Gasteiger partial charge on any atom is -0.384 e. The molecule has 0 amide bonds. The summed E-state index contributed by atoms with van der Waals surface area (Å²) in [5.74, 6) is 0.917. The lowest BCUT2D eigenvalue weighted by molar-refractivity contribution is 0.0580. The largest absolute Gasteiger partial charge is 0.384 e. The number of halogens is 1. The first-order chi connectivity index (χ1) is 12.0. The Bertz CT molecular complexity index is 900. The van der Waals surface area contributed by atoms with Gasteiger partial charge in [-0.3, -0.25) is 0 Å². The molecule has 3 aromatic rings. The van der Waals surface area contributed by atoms with Crippen LogP contribution in [-0.4, -0.2) is 38.4 Å². The van der Waals surface area contributed by atoms with Gasteiger partial charge < -0.3 is 21.1 Å². The highest BCUT2D eigenvalue weighted by Crippen LogP contribution is 2.36. The molecule has 1 saturated heterocycles. The Morgan fingerprint density at radius 1 is 1.32 bits per heavy atom. The van der Waals surface area contributed by atoms with Crippen molar-refractivity contribution < 1.29 is 9.50 Å². The van der Waals surface area contributed by atoms with Crippen molar-refractivity contribution in [3.05, 3.63) is 48.2 Å². The summed E-state index contributed by atoms with van der Waals surface area (Å²) in [6.07, 6.45) is 3.73. The van der Waals surface area contributed by atoms with E-state index >= 15 is 0 Å². The monoisotopic (exact) mass is 359 g/mol. The van der Waals surface area contributed by atoms with Gasteiger partial charge in [0.2, 0.25) is 0 Å². The number of nitrogens with two attached hydrogens (primary N) is 1. The fraction of sp³-hybridized carbons (Fsp3) is 0.294. The highest BCUT2D eigenvalue weighted by molar-refractivity contribution is 7.99. The van der Waals surface area contributed by atoms with Gasteiger partial charge in [0.05, 0.1) is 5.52 Å². The maximum absolute atomic E-state index is 13.0. The van der Waals surface area contributed by atoms with Crippen LogP contribution in [0.5, 0.6) is 0 Å². The Kier molecular flexibility index (Phi) is 4.10. The number of fused-ring (bicyclic) bond motifs is 1. The van der Waals surface area contributed by atoms with E-state index in [0.717, 1.165) is 16.2 Å². The van der Waals surface area contributed by atoms with Crippen LogP contribution in [-0.2, 0) is 5.60 Å². The van der Waals surface area contributed by atoms with Crippen LogP contribution in [0.3, 0.4) is 0 Å². The summed E-state index contributed by atoms with van der Waals surface area (Å²) in [6, 6.07) is 6.58. The lowest BCUT2D eigenvalue weighted by Gasteiger charge is -2.21. The van der Waals surface area contributed by atoms with Crippen LogP contribution in [0, 0.1) is 5.82 Å². The van der Waals surface area contributed by atoms with Gasteiger partial charge >= 0.3 is 0 Å². The third-order valence-electron chi connectivity index (χ3n) is 4.53. The van der Waals surface area contributed by atoms with Gasteiger partial charge in [-0.1, -0.05) is 0 Å². The van der Waals surface area contributed by atoms with Crippen molar-refractivity contribution in [2.24, 2.45) is 0 Å². The predicted molar refractivity (Wildman–Crippen MR) is 95.7 cm³/mol. The number of hydrogen-bond donors (Lipinski definition) is 4. The molecule has 130 valence electrons. The molecule has 3 heterocycles. The normalized spacial score (nSPS) is 23.4. The maximum atomic E-state index is 13.0. The summed E-state index contributed by atoms with van der Waals surface area (Å²) in [6.45, 7) is 0.443. The Morgan fingerprint density at radius 2 is 2.12 bits per heavy atom. The lowest BCUT2D eigenvalue weighted by Crippen LogP contribution is -2.28. The molecule has 1 aliphatic heterocycles. The number of nitrogens with zero attached hydrogens (tertiary/aromatic N) is 2. The van der Waals surface area contributed by atoms with Crippen molar-refractivity contribution in [3.63, 3.8) is 0 Å². The topological polar surface area (TPSA) is 99.8 Å². The number of nitrogen functional groups attached to an aromatic ring is 1. The third kappa shape index (κ3) is 3.08. The van der Waals surface area contributed by atoms with Crippen LogP contribution in [0.25, 0.3) is 11.0 Å². The first-order valence-electron chi connectivity index (χ1n) is 7.97. The molecule has 4 rings (SSSR count). The summed E-state index contributed by atoms with van der Waals surface area (Å²) in [4.78, 5) is 12.3. The molecule has 6 nitrogen and oxygen atoms in total. The van der Waals surface area contributed by atoms with Crippen LogP contribution >= 0.6 is 11.8 Å². The van der Waals surface area contributed by atoms with Gasteiger partial charge in [-0.05, 0) is 30.7 Å². The lowest BCUT2D eigenvalue weighted by atomic mass is 9.93. The minimum atomic E-state index is -1.01. The number of thioether (sulfide) groups is 1. The van der Waals surface area contributed by atoms with Gasteiger partial charge in [0.25, 0.3) is 0 Å². The summed E-state index contributed by atoms with van der Waals surface area (Å²) >= 11 is 1.64. The van der Waals surface area contributed by atoms with E-state index in [0.29, 0.717) is 29.8 Å². The average molecular weight is 359 g/mol. The van der Waals surface area contributed by atoms with Gasteiger partial charge in [0, 0.05) is 35.0 Å². The number of rotatable bonds is 4. The second-order valence-corrected chi connectivity index (χ2v) is 7.36. The first-order valence-corrected chi connectivity index (χ1v) is 8.96. The molecule has 25 heavy (non-hydrogen) atoms. The van der Waals surface area contributed by atoms with Crippen LogP contribution in [0.1, 0.15) is 12.0 Å². The number of H-pyrrole nitrogens is 1. The second-order valence-electron chi connectivity index (χ2n) is 6.26. The molecular formula is C17H18FN5OS. The van der Waals surface area contributed by atoms with Crippen LogP contribution in [0.4, 0.5) is 10.2 Å². The van der Waals surface area contributed by atoms with Crippen LogP contribution in [0.2, 0.25) is 0 Å². The van der Waals surface area contributed by atoms with E-state index in [-0.39, 0.29) is 11.9 Å². The number of anilines is 1. The Labute approximate surface area is 148 Å². The van der Waals surface area contributed by atoms with E-state index < -0.39 is 5.60 Å². The summed E-state index contributed by atoms with van der Waals surface area (Å²) in [5, 5.41) is 14.5. The molecule has 2 atom stereocenters. The van der Waals surface area contributed by atoms with Gasteiger partial charge in [-0.2, -0.15) is 0 Å². The number of benzene rings is 1. The third-order valence-corrected chi connectivity index (χ3v) is 5.70. The van der Waals surface area contributed by atoms with E-state index in [4.69, 9.17) is 5.73 Å². The summed E-state index contributed by atoms with van der Waals surface area (Å²) < 4.78 is 13.0. The van der Waals surface area contributed by atoms with Crippen molar-refractivity contribution in [2.45, 2.75) is 23.0 Å². The highest BCUT2D eigenvalue weighted by Gasteiger charge is 2.40. The molecule has 0 aliphatic carbocycles. The zero-order valence-electron chi connectivity index (χ0n) is 13.4. The smallest absolute Gasteiger partial charge is 0.151 e.